The number of rotatable bonds is 9. The third-order valence-corrected chi connectivity index (χ3v) is 8.94. The van der Waals surface area contributed by atoms with Crippen LogP contribution in [0.2, 0.25) is 0 Å². The van der Waals surface area contributed by atoms with Crippen LogP contribution in [0, 0.1) is 13.8 Å². The zero-order chi connectivity index (χ0) is 27.4. The molecule has 3 aromatic rings. The van der Waals surface area contributed by atoms with Gasteiger partial charge in [0.1, 0.15) is 23.7 Å². The fraction of sp³-hybridized carbons (Fsp3) is 0.406. The van der Waals surface area contributed by atoms with E-state index >= 15 is 0 Å². The van der Waals surface area contributed by atoms with Crippen molar-refractivity contribution in [2.45, 2.75) is 50.7 Å². The minimum absolute atomic E-state index is 0.0321. The number of hydrogen-bond acceptors (Lipinski definition) is 6. The molecule has 3 aromatic carbocycles. The van der Waals surface area contributed by atoms with Crippen molar-refractivity contribution < 1.29 is 19.0 Å². The molecule has 2 heterocycles. The van der Waals surface area contributed by atoms with E-state index in [-0.39, 0.29) is 18.1 Å². The van der Waals surface area contributed by atoms with Crippen molar-refractivity contribution in [3.05, 3.63) is 94.5 Å². The van der Waals surface area contributed by atoms with Crippen LogP contribution in [-0.2, 0) is 10.5 Å². The summed E-state index contributed by atoms with van der Waals surface area (Å²) in [6.45, 7) is 6.07. The molecule has 39 heavy (non-hydrogen) atoms. The predicted molar refractivity (Wildman–Crippen MR) is 156 cm³/mol. The van der Waals surface area contributed by atoms with E-state index in [4.69, 9.17) is 14.2 Å². The van der Waals surface area contributed by atoms with E-state index in [1.54, 1.807) is 14.2 Å². The van der Waals surface area contributed by atoms with Gasteiger partial charge in [-0.25, -0.2) is 4.31 Å². The summed E-state index contributed by atoms with van der Waals surface area (Å²) in [7, 11) is 3.43. The van der Waals surface area contributed by atoms with Crippen molar-refractivity contribution in [3.8, 4) is 11.5 Å². The normalized spacial score (nSPS) is 21.3. The highest BCUT2D eigenvalue weighted by Crippen LogP contribution is 2.41. The minimum Gasteiger partial charge on any atom is -0.496 e. The zero-order valence-corrected chi connectivity index (χ0v) is 24.1. The first kappa shape index (κ1) is 27.6. The summed E-state index contributed by atoms with van der Waals surface area (Å²) in [6, 6.07) is 23.0. The lowest BCUT2D eigenvalue weighted by atomic mass is 10.0. The van der Waals surface area contributed by atoms with Crippen molar-refractivity contribution in [2.75, 3.05) is 33.9 Å². The summed E-state index contributed by atoms with van der Waals surface area (Å²) in [6.07, 6.45) is 1.91. The largest absolute Gasteiger partial charge is 0.496 e. The summed E-state index contributed by atoms with van der Waals surface area (Å²) in [5.41, 5.74) is 5.28. The number of likely N-dealkylation sites (tertiary alicyclic amines) is 1. The number of carbonyl (C=O) groups is 1. The van der Waals surface area contributed by atoms with Crippen LogP contribution in [0.5, 0.6) is 11.5 Å². The Morgan fingerprint density at radius 1 is 0.974 bits per heavy atom. The van der Waals surface area contributed by atoms with E-state index in [1.165, 1.54) is 17.5 Å². The van der Waals surface area contributed by atoms with Gasteiger partial charge < -0.3 is 19.1 Å². The lowest BCUT2D eigenvalue weighted by Gasteiger charge is -2.25. The van der Waals surface area contributed by atoms with Gasteiger partial charge in [0.15, 0.2) is 0 Å². The fourth-order valence-electron chi connectivity index (χ4n) is 5.57. The number of nitrogens with zero attached hydrogens (tertiary/aromatic N) is 2. The Morgan fingerprint density at radius 3 is 2.62 bits per heavy atom. The summed E-state index contributed by atoms with van der Waals surface area (Å²) in [4.78, 5) is 15.2. The first-order valence-electron chi connectivity index (χ1n) is 13.6. The maximum atomic E-state index is 13.3. The van der Waals surface area contributed by atoms with Crippen LogP contribution in [0.1, 0.15) is 51.5 Å². The van der Waals surface area contributed by atoms with Gasteiger partial charge in [0, 0.05) is 36.6 Å². The van der Waals surface area contributed by atoms with E-state index < -0.39 is 0 Å². The van der Waals surface area contributed by atoms with Crippen molar-refractivity contribution in [1.29, 1.82) is 0 Å². The van der Waals surface area contributed by atoms with E-state index in [0.29, 0.717) is 19.1 Å². The van der Waals surface area contributed by atoms with Crippen LogP contribution < -0.4 is 9.47 Å². The molecule has 7 heteroatoms. The Bertz CT molecular complexity index is 1300. The molecule has 0 bridgehead atoms. The molecule has 3 unspecified atom stereocenters. The Hall–Kier alpha value is -3.00. The number of aryl methyl sites for hydroxylation is 2. The van der Waals surface area contributed by atoms with Gasteiger partial charge in [-0.3, -0.25) is 4.79 Å². The Balaban J connectivity index is 1.22. The van der Waals surface area contributed by atoms with E-state index in [0.717, 1.165) is 46.9 Å². The van der Waals surface area contributed by atoms with Gasteiger partial charge in [0.05, 0.1) is 20.2 Å². The summed E-state index contributed by atoms with van der Waals surface area (Å²) < 4.78 is 20.3. The van der Waals surface area contributed by atoms with Crippen LogP contribution in [0.3, 0.4) is 0 Å². The van der Waals surface area contributed by atoms with Crippen molar-refractivity contribution in [3.63, 3.8) is 0 Å². The second-order valence-corrected chi connectivity index (χ2v) is 11.4. The standard InChI is InChI=1S/C32H38N2O4S/c1-22-14-15-23(2)27(17-22)32(35)33-19-30(37-4)31(20-33)38-25-10-7-9-24(18-25)21-39-34-16-8-12-28(34)26-11-5-6-13-29(26)36-3/h5-7,9-11,13-15,17-18,28,30-31H,8,12,16,19-21H2,1-4H3. The molecule has 2 aliphatic heterocycles. The third-order valence-electron chi connectivity index (χ3n) is 7.71. The molecule has 0 aliphatic carbocycles. The van der Waals surface area contributed by atoms with Crippen LogP contribution in [-0.4, -0.2) is 61.2 Å². The van der Waals surface area contributed by atoms with Gasteiger partial charge in [-0.05, 0) is 62.1 Å². The molecule has 2 saturated heterocycles. The summed E-state index contributed by atoms with van der Waals surface area (Å²) >= 11 is 1.86. The minimum atomic E-state index is -0.222. The van der Waals surface area contributed by atoms with Gasteiger partial charge in [0.25, 0.3) is 5.91 Å². The molecule has 2 aliphatic rings. The summed E-state index contributed by atoms with van der Waals surface area (Å²) in [5, 5.41) is 0. The van der Waals surface area contributed by atoms with Crippen molar-refractivity contribution >= 4 is 17.9 Å². The average molecular weight is 547 g/mol. The molecule has 5 rings (SSSR count). The maximum absolute atomic E-state index is 13.3. The van der Waals surface area contributed by atoms with Crippen LogP contribution in [0.4, 0.5) is 0 Å². The summed E-state index contributed by atoms with van der Waals surface area (Å²) in [5.74, 6) is 2.66. The zero-order valence-electron chi connectivity index (χ0n) is 23.3. The molecule has 1 amide bonds. The van der Waals surface area contributed by atoms with E-state index in [2.05, 4.69) is 28.6 Å². The molecule has 0 radical (unpaired) electrons. The molecule has 0 aromatic heterocycles. The number of carbonyl (C=O) groups excluding carboxylic acids is 1. The van der Waals surface area contributed by atoms with E-state index in [1.807, 2.05) is 73.2 Å². The van der Waals surface area contributed by atoms with Crippen LogP contribution in [0.25, 0.3) is 0 Å². The number of amides is 1. The first-order chi connectivity index (χ1) is 19.0. The van der Waals surface area contributed by atoms with Gasteiger partial charge in [-0.1, -0.05) is 60.0 Å². The number of hydrogen-bond donors (Lipinski definition) is 0. The van der Waals surface area contributed by atoms with Gasteiger partial charge in [-0.2, -0.15) is 0 Å². The predicted octanol–water partition coefficient (Wildman–Crippen LogP) is 6.22. The van der Waals surface area contributed by atoms with Crippen LogP contribution >= 0.6 is 11.9 Å². The number of para-hydroxylation sites is 1. The molecule has 6 nitrogen and oxygen atoms in total. The van der Waals surface area contributed by atoms with Gasteiger partial charge in [0.2, 0.25) is 0 Å². The highest BCUT2D eigenvalue weighted by Gasteiger charge is 2.38. The molecule has 0 spiro atoms. The monoisotopic (exact) mass is 546 g/mol. The quantitative estimate of drug-likeness (QED) is 0.297. The SMILES string of the molecule is COc1ccccc1C1CCCN1SCc1cccc(OC2CN(C(=O)c3cc(C)ccc3C)CC2OC)c1. The number of benzene rings is 3. The number of ether oxygens (including phenoxy) is 3. The second kappa shape index (κ2) is 12.5. The lowest BCUT2D eigenvalue weighted by Crippen LogP contribution is -2.32. The molecule has 0 N–H and O–H groups in total. The lowest BCUT2D eigenvalue weighted by molar-refractivity contribution is 0.0339. The smallest absolute Gasteiger partial charge is 0.254 e. The fourth-order valence-corrected chi connectivity index (χ4v) is 6.73. The molecule has 2 fully saturated rings. The molecule has 3 atom stereocenters. The van der Waals surface area contributed by atoms with Crippen molar-refractivity contribution in [1.82, 2.24) is 9.21 Å². The third kappa shape index (κ3) is 6.26. The highest BCUT2D eigenvalue weighted by atomic mass is 32.2. The maximum Gasteiger partial charge on any atom is 0.254 e. The molecular weight excluding hydrogens is 508 g/mol. The highest BCUT2D eigenvalue weighted by molar-refractivity contribution is 7.96. The number of methoxy groups -OCH3 is 2. The van der Waals surface area contributed by atoms with Crippen LogP contribution in [0.15, 0.2) is 66.7 Å². The van der Waals surface area contributed by atoms with Gasteiger partial charge >= 0.3 is 0 Å². The van der Waals surface area contributed by atoms with Gasteiger partial charge in [-0.15, -0.1) is 0 Å². The Labute approximate surface area is 236 Å². The Morgan fingerprint density at radius 2 is 1.79 bits per heavy atom. The van der Waals surface area contributed by atoms with Crippen molar-refractivity contribution in [2.24, 2.45) is 0 Å². The second-order valence-electron chi connectivity index (χ2n) is 10.4. The molecule has 206 valence electrons. The Kier molecular flexibility index (Phi) is 8.80. The van der Waals surface area contributed by atoms with E-state index in [9.17, 15) is 4.79 Å². The average Bonchev–Trinajstić information content (AvgIpc) is 3.60. The topological polar surface area (TPSA) is 51.2 Å². The first-order valence-corrected chi connectivity index (χ1v) is 14.6. The molecule has 0 saturated carbocycles. The molecular formula is C32H38N2O4S.